The second-order valence-corrected chi connectivity index (χ2v) is 8.46. The van der Waals surface area contributed by atoms with Crippen LogP contribution in [0.5, 0.6) is 5.75 Å². The first-order valence-corrected chi connectivity index (χ1v) is 10.5. The lowest BCUT2D eigenvalue weighted by atomic mass is 9.62. The monoisotopic (exact) mass is 413 g/mol. The molecular formula is C22H27N3O5. The SMILES string of the molecule is CNC(=O)C(CCC=O)N1C(=O)c2ccc(OC3CC4(CCNCC4)C3)cc2C1=O. The van der Waals surface area contributed by atoms with Gasteiger partial charge in [-0.3, -0.25) is 19.3 Å². The third-order valence-corrected chi connectivity index (χ3v) is 6.60. The van der Waals surface area contributed by atoms with Crippen molar-refractivity contribution in [3.8, 4) is 5.75 Å². The molecule has 0 radical (unpaired) electrons. The van der Waals surface area contributed by atoms with Crippen molar-refractivity contribution >= 4 is 24.0 Å². The van der Waals surface area contributed by atoms with Crippen LogP contribution in [0.4, 0.5) is 0 Å². The summed E-state index contributed by atoms with van der Waals surface area (Å²) in [5.74, 6) is -0.943. The molecule has 2 aliphatic heterocycles. The highest BCUT2D eigenvalue weighted by Gasteiger charge is 2.46. The smallest absolute Gasteiger partial charge is 0.262 e. The molecule has 0 bridgehead atoms. The molecule has 1 saturated carbocycles. The van der Waals surface area contributed by atoms with Gasteiger partial charge in [0.15, 0.2) is 0 Å². The zero-order chi connectivity index (χ0) is 21.3. The molecule has 3 amide bonds. The number of fused-ring (bicyclic) bond motifs is 1. The Morgan fingerprint density at radius 1 is 1.27 bits per heavy atom. The molecule has 30 heavy (non-hydrogen) atoms. The molecule has 1 saturated heterocycles. The molecule has 1 aromatic carbocycles. The van der Waals surface area contributed by atoms with Crippen molar-refractivity contribution in [2.24, 2.45) is 5.41 Å². The first-order valence-electron chi connectivity index (χ1n) is 10.5. The van der Waals surface area contributed by atoms with Gasteiger partial charge >= 0.3 is 0 Å². The third-order valence-electron chi connectivity index (χ3n) is 6.60. The molecule has 2 fully saturated rings. The van der Waals surface area contributed by atoms with Crippen molar-refractivity contribution in [3.63, 3.8) is 0 Å². The summed E-state index contributed by atoms with van der Waals surface area (Å²) < 4.78 is 6.09. The number of hydrogen-bond acceptors (Lipinski definition) is 6. The largest absolute Gasteiger partial charge is 0.490 e. The lowest BCUT2D eigenvalue weighted by Crippen LogP contribution is -2.49. The highest BCUT2D eigenvalue weighted by atomic mass is 16.5. The summed E-state index contributed by atoms with van der Waals surface area (Å²) in [5, 5.41) is 5.85. The van der Waals surface area contributed by atoms with Gasteiger partial charge in [0.2, 0.25) is 5.91 Å². The first-order chi connectivity index (χ1) is 14.5. The fourth-order valence-electron chi connectivity index (χ4n) is 4.91. The fourth-order valence-corrected chi connectivity index (χ4v) is 4.91. The predicted octanol–water partition coefficient (Wildman–Crippen LogP) is 1.29. The van der Waals surface area contributed by atoms with Gasteiger partial charge in [-0.1, -0.05) is 0 Å². The van der Waals surface area contributed by atoms with Crippen LogP contribution in [0.2, 0.25) is 0 Å². The summed E-state index contributed by atoms with van der Waals surface area (Å²) in [5.41, 5.74) is 0.887. The number of hydrogen-bond donors (Lipinski definition) is 2. The number of aldehydes is 1. The van der Waals surface area contributed by atoms with Crippen LogP contribution in [-0.4, -0.2) is 61.2 Å². The van der Waals surface area contributed by atoms with Crippen LogP contribution in [0.25, 0.3) is 0 Å². The van der Waals surface area contributed by atoms with Gasteiger partial charge in [-0.2, -0.15) is 0 Å². The molecule has 1 aromatic rings. The van der Waals surface area contributed by atoms with Crippen molar-refractivity contribution in [1.29, 1.82) is 0 Å². The maximum absolute atomic E-state index is 13.0. The number of imide groups is 1. The highest BCUT2D eigenvalue weighted by Crippen LogP contribution is 2.49. The highest BCUT2D eigenvalue weighted by molar-refractivity contribution is 6.23. The molecule has 8 heteroatoms. The number of ether oxygens (including phenoxy) is 1. The maximum atomic E-state index is 13.0. The number of nitrogens with zero attached hydrogens (tertiary/aromatic N) is 1. The molecule has 2 heterocycles. The van der Waals surface area contributed by atoms with E-state index < -0.39 is 23.8 Å². The standard InChI is InChI=1S/C22H27N3O5/c1-23-19(27)18(3-2-10-26)25-20(28)16-5-4-14(11-17(16)21(25)29)30-15-12-22(13-15)6-8-24-9-7-22/h4-5,10-11,15,18,24H,2-3,6-9,12-13H2,1H3,(H,23,27). The Kier molecular flexibility index (Phi) is 5.60. The van der Waals surface area contributed by atoms with Gasteiger partial charge in [0, 0.05) is 13.5 Å². The average molecular weight is 413 g/mol. The molecule has 1 atom stereocenters. The lowest BCUT2D eigenvalue weighted by molar-refractivity contribution is -0.124. The van der Waals surface area contributed by atoms with Crippen LogP contribution in [0.15, 0.2) is 18.2 Å². The summed E-state index contributed by atoms with van der Waals surface area (Å²) in [6, 6.07) is 3.89. The zero-order valence-corrected chi connectivity index (χ0v) is 17.1. The van der Waals surface area contributed by atoms with E-state index in [9.17, 15) is 19.2 Å². The molecule has 8 nitrogen and oxygen atoms in total. The topological polar surface area (TPSA) is 105 Å². The second-order valence-electron chi connectivity index (χ2n) is 8.46. The summed E-state index contributed by atoms with van der Waals surface area (Å²) in [6.07, 6.45) is 5.32. The number of amides is 3. The first kappa shape index (κ1) is 20.5. The van der Waals surface area contributed by atoms with E-state index >= 15 is 0 Å². The number of carbonyl (C=O) groups is 4. The Hall–Kier alpha value is -2.74. The molecule has 1 spiro atoms. The van der Waals surface area contributed by atoms with E-state index in [0.717, 1.165) is 30.8 Å². The zero-order valence-electron chi connectivity index (χ0n) is 17.1. The van der Waals surface area contributed by atoms with Crippen LogP contribution < -0.4 is 15.4 Å². The van der Waals surface area contributed by atoms with Gasteiger partial charge in [0.05, 0.1) is 17.2 Å². The summed E-state index contributed by atoms with van der Waals surface area (Å²) in [7, 11) is 1.44. The van der Waals surface area contributed by atoms with E-state index in [4.69, 9.17) is 4.74 Å². The van der Waals surface area contributed by atoms with Gasteiger partial charge in [0.1, 0.15) is 18.1 Å². The summed E-state index contributed by atoms with van der Waals surface area (Å²) in [4.78, 5) is 49.8. The number of benzene rings is 1. The van der Waals surface area contributed by atoms with E-state index in [2.05, 4.69) is 10.6 Å². The van der Waals surface area contributed by atoms with Crippen LogP contribution in [0.3, 0.4) is 0 Å². The number of nitrogens with one attached hydrogen (secondary N) is 2. The van der Waals surface area contributed by atoms with E-state index in [-0.39, 0.29) is 30.1 Å². The minimum Gasteiger partial charge on any atom is -0.490 e. The Labute approximate surface area is 175 Å². The Morgan fingerprint density at radius 2 is 1.97 bits per heavy atom. The van der Waals surface area contributed by atoms with Crippen molar-refractivity contribution in [1.82, 2.24) is 15.5 Å². The van der Waals surface area contributed by atoms with Gasteiger partial charge in [-0.05, 0) is 68.8 Å². The van der Waals surface area contributed by atoms with E-state index in [0.29, 0.717) is 17.5 Å². The average Bonchev–Trinajstić information content (AvgIpc) is 2.98. The summed E-state index contributed by atoms with van der Waals surface area (Å²) in [6.45, 7) is 2.10. The van der Waals surface area contributed by atoms with Gasteiger partial charge in [-0.15, -0.1) is 0 Å². The van der Waals surface area contributed by atoms with Gasteiger partial charge < -0.3 is 20.2 Å². The Morgan fingerprint density at radius 3 is 2.63 bits per heavy atom. The minimum atomic E-state index is -1.01. The quantitative estimate of drug-likeness (QED) is 0.516. The number of likely N-dealkylation sites (N-methyl/N-ethyl adjacent to an activating group) is 1. The predicted molar refractivity (Wildman–Crippen MR) is 108 cm³/mol. The molecule has 4 rings (SSSR count). The van der Waals surface area contributed by atoms with E-state index in [1.54, 1.807) is 18.2 Å². The third kappa shape index (κ3) is 3.60. The normalized spacial score (nSPS) is 21.2. The molecule has 1 aliphatic carbocycles. The van der Waals surface area contributed by atoms with Gasteiger partial charge in [-0.25, -0.2) is 0 Å². The molecule has 0 aromatic heterocycles. The van der Waals surface area contributed by atoms with Crippen LogP contribution in [0, 0.1) is 5.41 Å². The fraction of sp³-hybridized carbons (Fsp3) is 0.545. The Balaban J connectivity index is 1.48. The second kappa shape index (κ2) is 8.18. The molecule has 2 N–H and O–H groups in total. The molecular weight excluding hydrogens is 386 g/mol. The van der Waals surface area contributed by atoms with Crippen LogP contribution in [0.1, 0.15) is 59.2 Å². The number of carbonyl (C=O) groups excluding carboxylic acids is 4. The molecule has 3 aliphatic rings. The van der Waals surface area contributed by atoms with Crippen molar-refractivity contribution < 1.29 is 23.9 Å². The van der Waals surface area contributed by atoms with Gasteiger partial charge in [0.25, 0.3) is 11.8 Å². The number of rotatable bonds is 7. The van der Waals surface area contributed by atoms with Crippen molar-refractivity contribution in [2.45, 2.75) is 50.7 Å². The summed E-state index contributed by atoms with van der Waals surface area (Å²) >= 11 is 0. The van der Waals surface area contributed by atoms with E-state index in [1.165, 1.54) is 19.9 Å². The maximum Gasteiger partial charge on any atom is 0.262 e. The minimum absolute atomic E-state index is 0.0821. The molecule has 1 unspecified atom stereocenters. The van der Waals surface area contributed by atoms with Crippen LogP contribution in [-0.2, 0) is 9.59 Å². The Bertz CT molecular complexity index is 870. The molecule has 160 valence electrons. The lowest BCUT2D eigenvalue weighted by Gasteiger charge is -2.49. The van der Waals surface area contributed by atoms with E-state index in [1.807, 2.05) is 0 Å². The number of piperidine rings is 1. The van der Waals surface area contributed by atoms with Crippen molar-refractivity contribution in [2.75, 3.05) is 20.1 Å². The van der Waals surface area contributed by atoms with Crippen molar-refractivity contribution in [3.05, 3.63) is 29.3 Å². The van der Waals surface area contributed by atoms with Crippen LogP contribution >= 0.6 is 0 Å².